The number of alkyl halides is 3. The Hall–Kier alpha value is -1.41. The molecule has 0 radical (unpaired) electrons. The molecule has 2 rings (SSSR count). The van der Waals surface area contributed by atoms with E-state index in [-0.39, 0.29) is 11.2 Å². The first kappa shape index (κ1) is 14.0. The van der Waals surface area contributed by atoms with E-state index >= 15 is 0 Å². The second-order valence-electron chi connectivity index (χ2n) is 4.38. The third-order valence-corrected chi connectivity index (χ3v) is 2.66. The summed E-state index contributed by atoms with van der Waals surface area (Å²) in [5.41, 5.74) is 0.0420. The lowest BCUT2D eigenvalue weighted by Gasteiger charge is -2.15. The minimum absolute atomic E-state index is 0.0420. The van der Waals surface area contributed by atoms with Gasteiger partial charge in [0.05, 0.1) is 6.61 Å². The van der Waals surface area contributed by atoms with Crippen LogP contribution in [0.3, 0.4) is 0 Å². The molecule has 1 aromatic carbocycles. The summed E-state index contributed by atoms with van der Waals surface area (Å²) in [6.07, 6.45) is -2.85. The molecule has 0 amide bonds. The lowest BCUT2D eigenvalue weighted by molar-refractivity contribution is -0.275. The van der Waals surface area contributed by atoms with Crippen LogP contribution in [-0.2, 0) is 0 Å². The van der Waals surface area contributed by atoms with E-state index in [0.717, 1.165) is 31.0 Å². The highest BCUT2D eigenvalue weighted by Gasteiger charge is 2.33. The maximum absolute atomic E-state index is 12.2. The molecule has 1 saturated carbocycles. The Bertz CT molecular complexity index is 446. The number of hydrogen-bond donors (Lipinski definition) is 2. The fourth-order valence-corrected chi connectivity index (χ4v) is 1.50. The van der Waals surface area contributed by atoms with Crippen molar-refractivity contribution in [2.45, 2.75) is 19.2 Å². The van der Waals surface area contributed by atoms with Crippen molar-refractivity contribution in [2.24, 2.45) is 5.92 Å². The molecule has 1 fully saturated rings. The van der Waals surface area contributed by atoms with Crippen LogP contribution in [0.4, 0.5) is 13.2 Å². The maximum Gasteiger partial charge on any atom is 0.573 e. The zero-order valence-corrected chi connectivity index (χ0v) is 9.85. The van der Waals surface area contributed by atoms with Crippen molar-refractivity contribution in [3.05, 3.63) is 18.2 Å². The monoisotopic (exact) mass is 276 g/mol. The van der Waals surface area contributed by atoms with E-state index in [9.17, 15) is 13.2 Å². The van der Waals surface area contributed by atoms with Gasteiger partial charge in [-0.05, 0) is 36.4 Å². The number of rotatable bonds is 5. The Labute approximate surface area is 107 Å². The topological polar surface area (TPSA) is 58.9 Å². The second-order valence-corrected chi connectivity index (χ2v) is 4.38. The van der Waals surface area contributed by atoms with Crippen LogP contribution in [0.5, 0.6) is 11.5 Å². The van der Waals surface area contributed by atoms with Crippen LogP contribution in [-0.4, -0.2) is 30.1 Å². The Kier molecular flexibility index (Phi) is 3.91. The molecule has 0 bridgehead atoms. The second kappa shape index (κ2) is 5.30. The highest BCUT2D eigenvalue weighted by molar-refractivity contribution is 6.58. The Balaban J connectivity index is 2.18. The Morgan fingerprint density at radius 2 is 1.89 bits per heavy atom. The number of hydrogen-bond acceptors (Lipinski definition) is 4. The summed E-state index contributed by atoms with van der Waals surface area (Å²) in [4.78, 5) is 0. The minimum Gasteiger partial charge on any atom is -0.489 e. The van der Waals surface area contributed by atoms with E-state index in [0.29, 0.717) is 12.5 Å². The smallest absolute Gasteiger partial charge is 0.489 e. The summed E-state index contributed by atoms with van der Waals surface area (Å²) >= 11 is 0. The van der Waals surface area contributed by atoms with Crippen LogP contribution in [0.2, 0.25) is 0 Å². The van der Waals surface area contributed by atoms with Crippen molar-refractivity contribution in [2.75, 3.05) is 6.61 Å². The number of halogens is 3. The van der Waals surface area contributed by atoms with Gasteiger partial charge in [0.15, 0.2) is 11.5 Å². The normalized spacial score (nSPS) is 15.2. The van der Waals surface area contributed by atoms with Crippen LogP contribution in [0.25, 0.3) is 0 Å². The number of benzene rings is 1. The molecule has 0 saturated heterocycles. The fraction of sp³-hybridized carbons (Fsp3) is 0.455. The van der Waals surface area contributed by atoms with Crippen LogP contribution in [0, 0.1) is 5.92 Å². The quantitative estimate of drug-likeness (QED) is 0.789. The average Bonchev–Trinajstić information content (AvgIpc) is 3.09. The van der Waals surface area contributed by atoms with Crippen molar-refractivity contribution in [1.29, 1.82) is 0 Å². The Morgan fingerprint density at radius 1 is 1.21 bits per heavy atom. The molecular formula is C11H12BF3O4. The predicted octanol–water partition coefficient (Wildman–Crippen LogP) is 1.05. The standard InChI is InChI=1S/C11H12BF3O4/c13-11(14,15)19-9-4-3-8(12(16)17)5-10(9)18-6-7-1-2-7/h3-5,7,16-17H,1-2,6H2. The third-order valence-electron chi connectivity index (χ3n) is 2.66. The molecular weight excluding hydrogens is 264 g/mol. The SMILES string of the molecule is OB(O)c1ccc(OC(F)(F)F)c(OCC2CC2)c1. The lowest BCUT2D eigenvalue weighted by Crippen LogP contribution is -2.30. The molecule has 0 heterocycles. The minimum atomic E-state index is -4.82. The third kappa shape index (κ3) is 4.32. The highest BCUT2D eigenvalue weighted by Crippen LogP contribution is 2.34. The lowest BCUT2D eigenvalue weighted by atomic mass is 9.80. The zero-order valence-electron chi connectivity index (χ0n) is 9.85. The van der Waals surface area contributed by atoms with Gasteiger partial charge in [-0.3, -0.25) is 0 Å². The molecule has 1 aliphatic carbocycles. The van der Waals surface area contributed by atoms with Gasteiger partial charge in [0.25, 0.3) is 0 Å². The first-order chi connectivity index (χ1) is 8.85. The van der Waals surface area contributed by atoms with Gasteiger partial charge < -0.3 is 19.5 Å². The summed E-state index contributed by atoms with van der Waals surface area (Å²) < 4.78 is 45.7. The molecule has 1 aliphatic rings. The van der Waals surface area contributed by atoms with E-state index in [2.05, 4.69) is 4.74 Å². The van der Waals surface area contributed by atoms with Crippen molar-refractivity contribution >= 4 is 12.6 Å². The van der Waals surface area contributed by atoms with Gasteiger partial charge in [-0.15, -0.1) is 13.2 Å². The average molecular weight is 276 g/mol. The summed E-state index contributed by atoms with van der Waals surface area (Å²) in [6, 6.07) is 3.27. The summed E-state index contributed by atoms with van der Waals surface area (Å²) in [6.45, 7) is 0.291. The van der Waals surface area contributed by atoms with Gasteiger partial charge in [0, 0.05) is 0 Å². The van der Waals surface area contributed by atoms with Crippen molar-refractivity contribution < 1.29 is 32.7 Å². The number of ether oxygens (including phenoxy) is 2. The predicted molar refractivity (Wildman–Crippen MR) is 61.2 cm³/mol. The zero-order chi connectivity index (χ0) is 14.0. The molecule has 0 atom stereocenters. The van der Waals surface area contributed by atoms with Crippen LogP contribution in [0.15, 0.2) is 18.2 Å². The van der Waals surface area contributed by atoms with E-state index in [1.54, 1.807) is 0 Å². The van der Waals surface area contributed by atoms with Gasteiger partial charge in [-0.25, -0.2) is 0 Å². The summed E-state index contributed by atoms with van der Waals surface area (Å²) in [7, 11) is -1.77. The van der Waals surface area contributed by atoms with Gasteiger partial charge in [-0.1, -0.05) is 6.07 Å². The maximum atomic E-state index is 12.2. The van der Waals surface area contributed by atoms with Crippen molar-refractivity contribution in [3.8, 4) is 11.5 Å². The van der Waals surface area contributed by atoms with Gasteiger partial charge in [0.1, 0.15) is 0 Å². The largest absolute Gasteiger partial charge is 0.573 e. The van der Waals surface area contributed by atoms with E-state index in [1.807, 2.05) is 0 Å². The van der Waals surface area contributed by atoms with Gasteiger partial charge in [-0.2, -0.15) is 0 Å². The molecule has 0 aromatic heterocycles. The summed E-state index contributed by atoms with van der Waals surface area (Å²) in [5, 5.41) is 18.0. The van der Waals surface area contributed by atoms with Crippen LogP contribution < -0.4 is 14.9 Å². The molecule has 0 aliphatic heterocycles. The molecule has 19 heavy (non-hydrogen) atoms. The van der Waals surface area contributed by atoms with Crippen LogP contribution in [0.1, 0.15) is 12.8 Å². The van der Waals surface area contributed by atoms with E-state index < -0.39 is 19.2 Å². The molecule has 2 N–H and O–H groups in total. The molecule has 4 nitrogen and oxygen atoms in total. The van der Waals surface area contributed by atoms with E-state index in [4.69, 9.17) is 14.8 Å². The Morgan fingerprint density at radius 3 is 2.42 bits per heavy atom. The fourth-order valence-electron chi connectivity index (χ4n) is 1.50. The van der Waals surface area contributed by atoms with Gasteiger partial charge in [0.2, 0.25) is 0 Å². The van der Waals surface area contributed by atoms with Crippen LogP contribution >= 0.6 is 0 Å². The summed E-state index contributed by atoms with van der Waals surface area (Å²) in [5.74, 6) is -0.284. The van der Waals surface area contributed by atoms with Crippen molar-refractivity contribution in [3.63, 3.8) is 0 Å². The first-order valence-electron chi connectivity index (χ1n) is 5.74. The molecule has 1 aromatic rings. The van der Waals surface area contributed by atoms with E-state index in [1.165, 1.54) is 0 Å². The first-order valence-corrected chi connectivity index (χ1v) is 5.74. The highest BCUT2D eigenvalue weighted by atomic mass is 19.4. The molecule has 0 unspecified atom stereocenters. The van der Waals surface area contributed by atoms with Crippen molar-refractivity contribution in [1.82, 2.24) is 0 Å². The molecule has 104 valence electrons. The van der Waals surface area contributed by atoms with Gasteiger partial charge >= 0.3 is 13.5 Å². The molecule has 0 spiro atoms. The molecule has 8 heteroatoms.